The van der Waals surface area contributed by atoms with Crippen molar-refractivity contribution in [1.29, 1.82) is 0 Å². The smallest absolute Gasteiger partial charge is 0.110 e. The van der Waals surface area contributed by atoms with E-state index in [1.54, 1.807) is 6.20 Å². The summed E-state index contributed by atoms with van der Waals surface area (Å²) in [6.45, 7) is 9.12. The Kier molecular flexibility index (Phi) is 3.76. The quantitative estimate of drug-likeness (QED) is 0.816. The van der Waals surface area contributed by atoms with Crippen LogP contribution in [-0.4, -0.2) is 21.4 Å². The Morgan fingerprint density at radius 3 is 2.50 bits per heavy atom. The molecule has 1 aromatic heterocycles. The van der Waals surface area contributed by atoms with E-state index < -0.39 is 5.60 Å². The van der Waals surface area contributed by atoms with E-state index in [1.165, 1.54) is 0 Å². The molecule has 3 N–H and O–H groups in total. The molecule has 0 aliphatic carbocycles. The Bertz CT molecular complexity index is 340. The van der Waals surface area contributed by atoms with Crippen molar-refractivity contribution in [2.24, 2.45) is 11.1 Å². The fourth-order valence-electron chi connectivity index (χ4n) is 1.79. The molecule has 0 amide bonds. The molecule has 1 heterocycles. The Morgan fingerprint density at radius 1 is 1.44 bits per heavy atom. The van der Waals surface area contributed by atoms with Gasteiger partial charge in [0.1, 0.15) is 5.60 Å². The van der Waals surface area contributed by atoms with Gasteiger partial charge in [-0.15, -0.1) is 0 Å². The third-order valence-electron chi connectivity index (χ3n) is 3.10. The summed E-state index contributed by atoms with van der Waals surface area (Å²) in [5.41, 5.74) is 5.20. The first-order chi connectivity index (χ1) is 7.35. The van der Waals surface area contributed by atoms with E-state index in [-0.39, 0.29) is 12.0 Å². The number of aryl methyl sites for hydroxylation is 1. The predicted octanol–water partition coefficient (Wildman–Crippen LogP) is 1.49. The highest BCUT2D eigenvalue weighted by Crippen LogP contribution is 2.38. The molecule has 0 fully saturated rings. The van der Waals surface area contributed by atoms with Gasteiger partial charge in [0.2, 0.25) is 0 Å². The lowest BCUT2D eigenvalue weighted by Gasteiger charge is -2.38. The van der Waals surface area contributed by atoms with E-state index in [0.29, 0.717) is 0 Å². The second-order valence-corrected chi connectivity index (χ2v) is 5.31. The molecule has 4 nitrogen and oxygen atoms in total. The average molecular weight is 225 g/mol. The number of aromatic nitrogens is 2. The van der Waals surface area contributed by atoms with Crippen LogP contribution in [0.25, 0.3) is 0 Å². The first-order valence-corrected chi connectivity index (χ1v) is 5.80. The van der Waals surface area contributed by atoms with Crippen LogP contribution >= 0.6 is 0 Å². The van der Waals surface area contributed by atoms with Gasteiger partial charge in [0.05, 0.1) is 6.20 Å². The van der Waals surface area contributed by atoms with Crippen molar-refractivity contribution in [3.05, 3.63) is 18.0 Å². The van der Waals surface area contributed by atoms with Crippen LogP contribution in [0.4, 0.5) is 0 Å². The first-order valence-electron chi connectivity index (χ1n) is 5.80. The van der Waals surface area contributed by atoms with Gasteiger partial charge in [0, 0.05) is 24.8 Å². The molecule has 0 aliphatic heterocycles. The summed E-state index contributed by atoms with van der Waals surface area (Å²) >= 11 is 0. The summed E-state index contributed by atoms with van der Waals surface area (Å²) in [5, 5.41) is 14.9. The van der Waals surface area contributed by atoms with Gasteiger partial charge in [-0.25, -0.2) is 0 Å². The molecule has 1 atom stereocenters. The van der Waals surface area contributed by atoms with Crippen molar-refractivity contribution in [2.45, 2.75) is 46.3 Å². The van der Waals surface area contributed by atoms with Crippen molar-refractivity contribution in [3.63, 3.8) is 0 Å². The minimum Gasteiger partial charge on any atom is -0.383 e. The fraction of sp³-hybridized carbons (Fsp3) is 0.750. The molecule has 0 spiro atoms. The van der Waals surface area contributed by atoms with E-state index >= 15 is 0 Å². The van der Waals surface area contributed by atoms with Gasteiger partial charge in [0.25, 0.3) is 0 Å². The molecule has 1 unspecified atom stereocenters. The van der Waals surface area contributed by atoms with E-state index in [9.17, 15) is 5.11 Å². The molecule has 0 aromatic carbocycles. The highest BCUT2D eigenvalue weighted by molar-refractivity contribution is 5.19. The first kappa shape index (κ1) is 13.2. The minimum absolute atomic E-state index is 0.203. The van der Waals surface area contributed by atoms with Crippen molar-refractivity contribution in [2.75, 3.05) is 6.54 Å². The van der Waals surface area contributed by atoms with E-state index in [0.717, 1.165) is 18.5 Å². The van der Waals surface area contributed by atoms with Crippen LogP contribution in [0, 0.1) is 5.41 Å². The summed E-state index contributed by atoms with van der Waals surface area (Å²) in [4.78, 5) is 0. The Hall–Kier alpha value is -0.870. The summed E-state index contributed by atoms with van der Waals surface area (Å²) in [6, 6.07) is 0. The number of rotatable bonds is 4. The molecule has 0 bridgehead atoms. The van der Waals surface area contributed by atoms with Crippen LogP contribution in [0.15, 0.2) is 12.4 Å². The number of hydrogen-bond acceptors (Lipinski definition) is 3. The molecule has 0 aliphatic rings. The highest BCUT2D eigenvalue weighted by atomic mass is 16.3. The normalized spacial score (nSPS) is 16.1. The van der Waals surface area contributed by atoms with Gasteiger partial charge in [-0.2, -0.15) is 5.10 Å². The van der Waals surface area contributed by atoms with Gasteiger partial charge in [-0.05, 0) is 11.8 Å². The number of aliphatic hydroxyl groups is 1. The molecule has 92 valence electrons. The second-order valence-electron chi connectivity index (χ2n) is 5.31. The largest absolute Gasteiger partial charge is 0.383 e. The predicted molar refractivity (Wildman–Crippen MR) is 64.9 cm³/mol. The number of hydrogen-bond donors (Lipinski definition) is 2. The van der Waals surface area contributed by atoms with Crippen LogP contribution in [-0.2, 0) is 12.1 Å². The van der Waals surface area contributed by atoms with Crippen molar-refractivity contribution >= 4 is 0 Å². The van der Waals surface area contributed by atoms with Crippen LogP contribution in [0.2, 0.25) is 0 Å². The zero-order valence-electron chi connectivity index (χ0n) is 10.7. The van der Waals surface area contributed by atoms with Crippen molar-refractivity contribution in [1.82, 2.24) is 9.78 Å². The van der Waals surface area contributed by atoms with E-state index in [2.05, 4.69) is 12.0 Å². The van der Waals surface area contributed by atoms with Gasteiger partial charge < -0.3 is 10.8 Å². The van der Waals surface area contributed by atoms with Gasteiger partial charge >= 0.3 is 0 Å². The van der Waals surface area contributed by atoms with E-state index in [4.69, 9.17) is 5.73 Å². The van der Waals surface area contributed by atoms with E-state index in [1.807, 2.05) is 31.6 Å². The van der Waals surface area contributed by atoms with Gasteiger partial charge in [-0.3, -0.25) is 4.68 Å². The zero-order chi connectivity index (χ0) is 12.4. The topological polar surface area (TPSA) is 64.1 Å². The lowest BCUT2D eigenvalue weighted by Crippen LogP contribution is -2.46. The fourth-order valence-corrected chi connectivity index (χ4v) is 1.79. The van der Waals surface area contributed by atoms with Gasteiger partial charge in [-0.1, -0.05) is 27.7 Å². The SMILES string of the molecule is CCCn1cc(C(O)(CN)C(C)(C)C)cn1. The van der Waals surface area contributed by atoms with Crippen LogP contribution in [0.5, 0.6) is 0 Å². The molecular formula is C12H23N3O. The maximum atomic E-state index is 10.6. The molecule has 1 rings (SSSR count). The summed E-state index contributed by atoms with van der Waals surface area (Å²) in [5.74, 6) is 0. The summed E-state index contributed by atoms with van der Waals surface area (Å²) < 4.78 is 1.85. The standard InChI is InChI=1S/C12H23N3O/c1-5-6-15-8-10(7-14-15)12(16,9-13)11(2,3)4/h7-8,16H,5-6,9,13H2,1-4H3. The third kappa shape index (κ3) is 2.28. The van der Waals surface area contributed by atoms with Crippen LogP contribution in [0.3, 0.4) is 0 Å². The maximum Gasteiger partial charge on any atom is 0.110 e. The number of nitrogens with zero attached hydrogens (tertiary/aromatic N) is 2. The summed E-state index contributed by atoms with van der Waals surface area (Å²) in [6.07, 6.45) is 4.63. The Balaban J connectivity index is 3.04. The Labute approximate surface area is 97.5 Å². The zero-order valence-corrected chi connectivity index (χ0v) is 10.7. The second kappa shape index (κ2) is 4.55. The molecule has 0 saturated heterocycles. The Morgan fingerprint density at radius 2 is 2.06 bits per heavy atom. The van der Waals surface area contributed by atoms with Crippen LogP contribution in [0.1, 0.15) is 39.7 Å². The molecule has 0 saturated carbocycles. The minimum atomic E-state index is -1.01. The highest BCUT2D eigenvalue weighted by Gasteiger charge is 2.41. The number of nitrogens with two attached hydrogens (primary N) is 1. The maximum absolute atomic E-state index is 10.6. The lowest BCUT2D eigenvalue weighted by atomic mass is 9.73. The summed E-state index contributed by atoms with van der Waals surface area (Å²) in [7, 11) is 0. The monoisotopic (exact) mass is 225 g/mol. The van der Waals surface area contributed by atoms with Crippen molar-refractivity contribution < 1.29 is 5.11 Å². The molecule has 0 radical (unpaired) electrons. The van der Waals surface area contributed by atoms with Crippen molar-refractivity contribution in [3.8, 4) is 0 Å². The lowest BCUT2D eigenvalue weighted by molar-refractivity contribution is -0.0558. The van der Waals surface area contributed by atoms with Gasteiger partial charge in [0.15, 0.2) is 0 Å². The molecule has 4 heteroatoms. The molecular weight excluding hydrogens is 202 g/mol. The average Bonchev–Trinajstić information content (AvgIpc) is 2.64. The molecule has 1 aromatic rings. The molecule has 16 heavy (non-hydrogen) atoms. The van der Waals surface area contributed by atoms with Crippen LogP contribution < -0.4 is 5.73 Å². The third-order valence-corrected chi connectivity index (χ3v) is 3.10.